The quantitative estimate of drug-likeness (QED) is 0.369. The number of nitrogens with zero attached hydrogens (tertiary/aromatic N) is 6. The van der Waals surface area contributed by atoms with Crippen LogP contribution in [0.25, 0.3) is 16.7 Å². The number of hydrogen-bond acceptors (Lipinski definition) is 5. The second-order valence-electron chi connectivity index (χ2n) is 8.61. The van der Waals surface area contributed by atoms with Gasteiger partial charge in [-0.2, -0.15) is 50.6 Å². The third-order valence-electron chi connectivity index (χ3n) is 6.87. The summed E-state index contributed by atoms with van der Waals surface area (Å²) < 4.78 is 42.5. The lowest BCUT2D eigenvalue weighted by atomic mass is 9.86. The molecule has 2 bridgehead atoms. The van der Waals surface area contributed by atoms with Crippen molar-refractivity contribution >= 4 is 63.1 Å². The second-order valence-corrected chi connectivity index (χ2v) is 8.61. The maximum Gasteiger partial charge on any atom is 0.280 e. The molecule has 36 heavy (non-hydrogen) atoms. The number of fused-ring (bicyclic) bond motifs is 4. The van der Waals surface area contributed by atoms with E-state index in [1.807, 2.05) is 4.90 Å². The predicted molar refractivity (Wildman–Crippen MR) is 144 cm³/mol. The van der Waals surface area contributed by atoms with Gasteiger partial charge >= 0.3 is 0 Å². The Morgan fingerprint density at radius 2 is 1.81 bits per heavy atom. The molecule has 0 aliphatic carbocycles. The van der Waals surface area contributed by atoms with Crippen molar-refractivity contribution in [3.8, 4) is 0 Å². The smallest absolute Gasteiger partial charge is 0.280 e. The maximum absolute atomic E-state index is 14.0. The van der Waals surface area contributed by atoms with Crippen LogP contribution >= 0.6 is 40.5 Å². The van der Waals surface area contributed by atoms with E-state index in [0.29, 0.717) is 16.6 Å². The summed E-state index contributed by atoms with van der Waals surface area (Å²) in [5.74, 6) is -0.664. The van der Waals surface area contributed by atoms with E-state index in [1.165, 1.54) is 29.2 Å². The van der Waals surface area contributed by atoms with Gasteiger partial charge in [-0.15, -0.1) is 0 Å². The Kier molecular flexibility index (Phi) is 8.46. The molecule has 0 saturated carbocycles. The van der Waals surface area contributed by atoms with E-state index in [0.717, 1.165) is 25.7 Å². The molecule has 0 unspecified atom stereocenters. The number of hydrogen-bond donors (Lipinski definition) is 0. The number of para-hydroxylation sites is 1. The lowest BCUT2D eigenvalue weighted by Crippen LogP contribution is -2.47. The van der Waals surface area contributed by atoms with Crippen LogP contribution in [-0.2, 0) is 0 Å². The molecule has 13 heteroatoms. The highest BCUT2D eigenvalue weighted by atomic mass is 32.1. The number of pyridine rings is 1. The Bertz CT molecular complexity index is 1400. The fraction of sp³-hybridized carbons (Fsp3) is 0.348. The van der Waals surface area contributed by atoms with Gasteiger partial charge in [0.1, 0.15) is 23.4 Å². The lowest BCUT2D eigenvalue weighted by Gasteiger charge is -2.40. The fourth-order valence-corrected chi connectivity index (χ4v) is 5.44. The molecular weight excluding hydrogens is 529 g/mol. The van der Waals surface area contributed by atoms with Gasteiger partial charge in [0.25, 0.3) is 18.1 Å². The van der Waals surface area contributed by atoms with Crippen LogP contribution in [0, 0.1) is 5.82 Å². The van der Waals surface area contributed by atoms with E-state index in [4.69, 9.17) is 0 Å². The highest BCUT2D eigenvalue weighted by Gasteiger charge is 2.46. The molecule has 2 aliphatic rings. The summed E-state index contributed by atoms with van der Waals surface area (Å²) in [6, 6.07) is 7.60. The zero-order chi connectivity index (χ0) is 22.7. The standard InChI is InChI=1S/C23H19F3N6O.3H2S/c24-16-3-1-2-12-8-13(10-27-20(12)16)22(33)31-14-4-6-15(18(31)7-5-14)19-9-17(21(25)26)30-23-28-11-29-32(19)23;;;/h1-3,8-11,14-15,18,21H,4-7H2;3*1H2/t14-,15-,18-;;;/m0.../s1. The van der Waals surface area contributed by atoms with Crippen LogP contribution < -0.4 is 0 Å². The molecule has 2 aliphatic heterocycles. The van der Waals surface area contributed by atoms with Gasteiger partial charge in [0.05, 0.1) is 11.3 Å². The number of halogens is 3. The Balaban J connectivity index is 0.00000120. The summed E-state index contributed by atoms with van der Waals surface area (Å²) in [6.45, 7) is 0. The minimum Gasteiger partial charge on any atom is -0.332 e. The van der Waals surface area contributed by atoms with E-state index >= 15 is 0 Å². The molecule has 192 valence electrons. The molecule has 2 saturated heterocycles. The van der Waals surface area contributed by atoms with Gasteiger partial charge < -0.3 is 4.90 Å². The highest BCUT2D eigenvalue weighted by Crippen LogP contribution is 2.45. The van der Waals surface area contributed by atoms with Crippen LogP contribution in [0.4, 0.5) is 13.2 Å². The molecule has 2 fully saturated rings. The summed E-state index contributed by atoms with van der Waals surface area (Å²) in [4.78, 5) is 27.5. The van der Waals surface area contributed by atoms with Crippen LogP contribution in [-0.4, -0.2) is 47.5 Å². The number of alkyl halides is 2. The monoisotopic (exact) mass is 554 g/mol. The first-order chi connectivity index (χ1) is 16.0. The number of carbonyl (C=O) groups excluding carboxylic acids is 1. The van der Waals surface area contributed by atoms with Gasteiger partial charge in [-0.3, -0.25) is 9.78 Å². The van der Waals surface area contributed by atoms with Gasteiger partial charge in [-0.05, 0) is 43.9 Å². The molecule has 1 aromatic carbocycles. The van der Waals surface area contributed by atoms with E-state index in [9.17, 15) is 18.0 Å². The third kappa shape index (κ3) is 4.52. The molecule has 4 aromatic rings. The number of piperidine rings is 1. The SMILES string of the molecule is O=C(c1cnc2c(F)cccc2c1)N1[C@H]2CC[C@H](c3cc(C(F)F)nc4ncnn34)[C@@H]1CC2.S.S.S. The Labute approximate surface area is 225 Å². The summed E-state index contributed by atoms with van der Waals surface area (Å²) in [6.07, 6.45) is 3.09. The predicted octanol–water partition coefficient (Wildman–Crippen LogP) is 4.64. The highest BCUT2D eigenvalue weighted by molar-refractivity contribution is 7.59. The molecule has 5 heterocycles. The van der Waals surface area contributed by atoms with E-state index < -0.39 is 12.2 Å². The number of carbonyl (C=O) groups is 1. The molecule has 1 amide bonds. The van der Waals surface area contributed by atoms with Crippen molar-refractivity contribution in [3.63, 3.8) is 0 Å². The molecule has 3 aromatic heterocycles. The first kappa shape index (κ1) is 28.1. The van der Waals surface area contributed by atoms with E-state index in [1.54, 1.807) is 18.2 Å². The van der Waals surface area contributed by atoms with Crippen molar-refractivity contribution in [2.24, 2.45) is 0 Å². The Hall–Kier alpha value is -2.51. The van der Waals surface area contributed by atoms with Crippen molar-refractivity contribution in [3.05, 3.63) is 65.6 Å². The first-order valence-corrected chi connectivity index (χ1v) is 10.9. The lowest BCUT2D eigenvalue weighted by molar-refractivity contribution is 0.0553. The fourth-order valence-electron chi connectivity index (χ4n) is 5.44. The molecule has 7 nitrogen and oxygen atoms in total. The van der Waals surface area contributed by atoms with Crippen LogP contribution in [0.15, 0.2) is 42.9 Å². The molecule has 0 spiro atoms. The largest absolute Gasteiger partial charge is 0.332 e. The average molecular weight is 555 g/mol. The summed E-state index contributed by atoms with van der Waals surface area (Å²) in [5.41, 5.74) is 0.858. The third-order valence-corrected chi connectivity index (χ3v) is 6.87. The van der Waals surface area contributed by atoms with Crippen LogP contribution in [0.5, 0.6) is 0 Å². The number of aromatic nitrogens is 5. The summed E-state index contributed by atoms with van der Waals surface area (Å²) in [5, 5.41) is 4.75. The molecular formula is C23H25F3N6OS3. The normalized spacial score (nSPS) is 20.7. The molecule has 6 rings (SSSR count). The van der Waals surface area contributed by atoms with Crippen molar-refractivity contribution in [2.45, 2.75) is 50.1 Å². The number of rotatable bonds is 3. The van der Waals surface area contributed by atoms with E-state index in [2.05, 4.69) is 20.1 Å². The minimum absolute atomic E-state index is 0. The van der Waals surface area contributed by atoms with Crippen molar-refractivity contribution in [1.82, 2.24) is 29.5 Å². The van der Waals surface area contributed by atoms with Gasteiger partial charge in [0.15, 0.2) is 0 Å². The maximum atomic E-state index is 14.0. The van der Waals surface area contributed by atoms with Crippen LogP contribution in [0.3, 0.4) is 0 Å². The Morgan fingerprint density at radius 3 is 2.58 bits per heavy atom. The second kappa shape index (κ2) is 10.9. The van der Waals surface area contributed by atoms with Crippen molar-refractivity contribution < 1.29 is 18.0 Å². The zero-order valence-electron chi connectivity index (χ0n) is 18.9. The average Bonchev–Trinajstić information content (AvgIpc) is 3.41. The van der Waals surface area contributed by atoms with Crippen molar-refractivity contribution in [2.75, 3.05) is 0 Å². The van der Waals surface area contributed by atoms with Crippen LogP contribution in [0.1, 0.15) is 59.8 Å². The van der Waals surface area contributed by atoms with Gasteiger partial charge in [0.2, 0.25) is 0 Å². The van der Waals surface area contributed by atoms with Gasteiger partial charge in [-0.25, -0.2) is 22.7 Å². The first-order valence-electron chi connectivity index (χ1n) is 10.9. The number of benzene rings is 1. The zero-order valence-corrected chi connectivity index (χ0v) is 21.9. The topological polar surface area (TPSA) is 76.3 Å². The van der Waals surface area contributed by atoms with Gasteiger partial charge in [-0.1, -0.05) is 12.1 Å². The summed E-state index contributed by atoms with van der Waals surface area (Å²) in [7, 11) is 0. The van der Waals surface area contributed by atoms with E-state index in [-0.39, 0.29) is 81.4 Å². The van der Waals surface area contributed by atoms with Gasteiger partial charge in [0, 0.05) is 29.6 Å². The Morgan fingerprint density at radius 1 is 1.03 bits per heavy atom. The summed E-state index contributed by atoms with van der Waals surface area (Å²) >= 11 is 0. The van der Waals surface area contributed by atoms with Crippen molar-refractivity contribution in [1.29, 1.82) is 0 Å². The molecule has 0 N–H and O–H groups in total. The molecule has 0 radical (unpaired) electrons. The van der Waals surface area contributed by atoms with Crippen LogP contribution in [0.2, 0.25) is 0 Å². The minimum atomic E-state index is -2.73. The molecule has 3 atom stereocenters. The number of amides is 1.